The van der Waals surface area contributed by atoms with E-state index in [1.54, 1.807) is 0 Å². The lowest BCUT2D eigenvalue weighted by atomic mass is 10.2. The normalized spacial score (nSPS) is 9.93. The fourth-order valence-electron chi connectivity index (χ4n) is 1.31. The van der Waals surface area contributed by atoms with Crippen LogP contribution in [0, 0.1) is 0 Å². The molecule has 1 heterocycles. The van der Waals surface area contributed by atoms with E-state index < -0.39 is 0 Å². The number of nitrogens with zero attached hydrogens (tertiary/aromatic N) is 3. The van der Waals surface area contributed by atoms with Crippen LogP contribution in [0.2, 0.25) is 0 Å². The highest BCUT2D eigenvalue weighted by Crippen LogP contribution is 2.26. The molecule has 15 heavy (non-hydrogen) atoms. The van der Waals surface area contributed by atoms with Crippen LogP contribution in [-0.4, -0.2) is 21.6 Å². The zero-order valence-electron chi connectivity index (χ0n) is 8.42. The lowest BCUT2D eigenvalue weighted by Crippen LogP contribution is -1.96. The van der Waals surface area contributed by atoms with Gasteiger partial charge in [0.2, 0.25) is 0 Å². The van der Waals surface area contributed by atoms with Crippen molar-refractivity contribution in [3.63, 3.8) is 0 Å². The standard InChI is InChI=1S/C11H11N3O/c1-2-15-10-6-4-3-5-9(10)11-13-7-12-8-14-11/h3-8H,2H2,1H3. The molecule has 4 nitrogen and oxygen atoms in total. The molecule has 76 valence electrons. The van der Waals surface area contributed by atoms with Gasteiger partial charge in [0.15, 0.2) is 5.82 Å². The highest BCUT2D eigenvalue weighted by Gasteiger charge is 2.06. The largest absolute Gasteiger partial charge is 0.493 e. The van der Waals surface area contributed by atoms with E-state index in [-0.39, 0.29) is 0 Å². The second-order valence-electron chi connectivity index (χ2n) is 2.89. The van der Waals surface area contributed by atoms with E-state index >= 15 is 0 Å². The first-order valence-electron chi connectivity index (χ1n) is 4.76. The molecule has 4 heteroatoms. The van der Waals surface area contributed by atoms with Crippen LogP contribution < -0.4 is 4.74 Å². The highest BCUT2D eigenvalue weighted by atomic mass is 16.5. The van der Waals surface area contributed by atoms with Crippen molar-refractivity contribution >= 4 is 0 Å². The second-order valence-corrected chi connectivity index (χ2v) is 2.89. The molecule has 0 atom stereocenters. The van der Waals surface area contributed by atoms with Gasteiger partial charge in [-0.1, -0.05) is 12.1 Å². The van der Waals surface area contributed by atoms with E-state index in [4.69, 9.17) is 4.74 Å². The van der Waals surface area contributed by atoms with Gasteiger partial charge < -0.3 is 4.74 Å². The minimum atomic E-state index is 0.627. The first-order valence-corrected chi connectivity index (χ1v) is 4.76. The van der Waals surface area contributed by atoms with Crippen LogP contribution in [0.25, 0.3) is 11.4 Å². The van der Waals surface area contributed by atoms with Crippen molar-refractivity contribution in [3.05, 3.63) is 36.9 Å². The van der Waals surface area contributed by atoms with Crippen LogP contribution in [0.4, 0.5) is 0 Å². The summed E-state index contributed by atoms with van der Waals surface area (Å²) in [5, 5.41) is 0. The Kier molecular flexibility index (Phi) is 2.88. The van der Waals surface area contributed by atoms with Crippen LogP contribution in [0.15, 0.2) is 36.9 Å². The van der Waals surface area contributed by atoms with Crippen LogP contribution in [0.3, 0.4) is 0 Å². The van der Waals surface area contributed by atoms with Crippen molar-refractivity contribution in [1.82, 2.24) is 15.0 Å². The smallest absolute Gasteiger partial charge is 0.166 e. The van der Waals surface area contributed by atoms with E-state index in [9.17, 15) is 0 Å². The minimum Gasteiger partial charge on any atom is -0.493 e. The van der Waals surface area contributed by atoms with Gasteiger partial charge in [-0.25, -0.2) is 15.0 Å². The second kappa shape index (κ2) is 4.50. The summed E-state index contributed by atoms with van der Waals surface area (Å²) in [7, 11) is 0. The molecular formula is C11H11N3O. The zero-order chi connectivity index (χ0) is 10.5. The van der Waals surface area contributed by atoms with E-state index in [2.05, 4.69) is 15.0 Å². The van der Waals surface area contributed by atoms with Crippen LogP contribution in [0.5, 0.6) is 5.75 Å². The quantitative estimate of drug-likeness (QED) is 0.761. The summed E-state index contributed by atoms with van der Waals surface area (Å²) in [6.45, 7) is 2.58. The monoisotopic (exact) mass is 201 g/mol. The summed E-state index contributed by atoms with van der Waals surface area (Å²) in [5.74, 6) is 1.43. The number of ether oxygens (including phenoxy) is 1. The van der Waals surface area contributed by atoms with Crippen molar-refractivity contribution < 1.29 is 4.74 Å². The molecule has 0 saturated heterocycles. The third-order valence-corrected chi connectivity index (χ3v) is 1.92. The van der Waals surface area contributed by atoms with Gasteiger partial charge >= 0.3 is 0 Å². The molecule has 0 aliphatic rings. The van der Waals surface area contributed by atoms with Gasteiger partial charge in [0.25, 0.3) is 0 Å². The van der Waals surface area contributed by atoms with Gasteiger partial charge in [-0.3, -0.25) is 0 Å². The Morgan fingerprint density at radius 3 is 2.60 bits per heavy atom. The van der Waals surface area contributed by atoms with Crippen molar-refractivity contribution in [2.24, 2.45) is 0 Å². The fraction of sp³-hybridized carbons (Fsp3) is 0.182. The summed E-state index contributed by atoms with van der Waals surface area (Å²) in [6, 6.07) is 7.69. The lowest BCUT2D eigenvalue weighted by Gasteiger charge is -2.07. The predicted octanol–water partition coefficient (Wildman–Crippen LogP) is 1.94. The lowest BCUT2D eigenvalue weighted by molar-refractivity contribution is 0.341. The third kappa shape index (κ3) is 2.10. The van der Waals surface area contributed by atoms with E-state index in [1.807, 2.05) is 31.2 Å². The Balaban J connectivity index is 2.43. The Bertz CT molecular complexity index is 431. The van der Waals surface area contributed by atoms with Gasteiger partial charge in [0, 0.05) is 0 Å². The van der Waals surface area contributed by atoms with Gasteiger partial charge in [-0.05, 0) is 19.1 Å². The summed E-state index contributed by atoms with van der Waals surface area (Å²) in [6.07, 6.45) is 2.95. The van der Waals surface area contributed by atoms with Gasteiger partial charge in [-0.15, -0.1) is 0 Å². The van der Waals surface area contributed by atoms with Crippen molar-refractivity contribution in [3.8, 4) is 17.1 Å². The van der Waals surface area contributed by atoms with E-state index in [0.717, 1.165) is 11.3 Å². The zero-order valence-corrected chi connectivity index (χ0v) is 8.42. The van der Waals surface area contributed by atoms with E-state index in [1.165, 1.54) is 12.7 Å². The molecule has 1 aromatic heterocycles. The maximum Gasteiger partial charge on any atom is 0.166 e. The van der Waals surface area contributed by atoms with Crippen LogP contribution in [0.1, 0.15) is 6.92 Å². The Hall–Kier alpha value is -1.97. The summed E-state index contributed by atoms with van der Waals surface area (Å²) < 4.78 is 5.49. The Labute approximate surface area is 88.0 Å². The van der Waals surface area contributed by atoms with Crippen LogP contribution in [-0.2, 0) is 0 Å². The predicted molar refractivity (Wildman–Crippen MR) is 56.4 cm³/mol. The number of rotatable bonds is 3. The molecule has 0 N–H and O–H groups in total. The first-order chi connectivity index (χ1) is 7.42. The number of benzene rings is 1. The van der Waals surface area contributed by atoms with Crippen molar-refractivity contribution in [2.75, 3.05) is 6.61 Å². The molecule has 0 amide bonds. The molecule has 0 unspecified atom stereocenters. The number of aromatic nitrogens is 3. The maximum atomic E-state index is 5.49. The van der Waals surface area contributed by atoms with Crippen molar-refractivity contribution in [2.45, 2.75) is 6.92 Å². The first kappa shape index (κ1) is 9.58. The molecule has 0 aliphatic heterocycles. The molecule has 2 rings (SSSR count). The molecule has 0 spiro atoms. The van der Waals surface area contributed by atoms with Gasteiger partial charge in [-0.2, -0.15) is 0 Å². The van der Waals surface area contributed by atoms with Crippen LogP contribution >= 0.6 is 0 Å². The molecule has 0 radical (unpaired) electrons. The third-order valence-electron chi connectivity index (χ3n) is 1.92. The fourth-order valence-corrected chi connectivity index (χ4v) is 1.31. The Morgan fingerprint density at radius 2 is 1.87 bits per heavy atom. The highest BCUT2D eigenvalue weighted by molar-refractivity contribution is 5.63. The maximum absolute atomic E-state index is 5.49. The molecule has 0 bridgehead atoms. The summed E-state index contributed by atoms with van der Waals surface area (Å²) in [5.41, 5.74) is 0.891. The average molecular weight is 201 g/mol. The molecule has 0 saturated carbocycles. The molecule has 0 fully saturated rings. The Morgan fingerprint density at radius 1 is 1.13 bits per heavy atom. The summed E-state index contributed by atoms with van der Waals surface area (Å²) >= 11 is 0. The van der Waals surface area contributed by atoms with Gasteiger partial charge in [0.1, 0.15) is 18.4 Å². The molecule has 0 aliphatic carbocycles. The molecule has 1 aromatic carbocycles. The van der Waals surface area contributed by atoms with E-state index in [0.29, 0.717) is 12.4 Å². The SMILES string of the molecule is CCOc1ccccc1-c1ncncn1. The number of hydrogen-bond donors (Lipinski definition) is 0. The average Bonchev–Trinajstić information content (AvgIpc) is 2.31. The molecular weight excluding hydrogens is 190 g/mol. The topological polar surface area (TPSA) is 47.9 Å². The number of para-hydroxylation sites is 1. The molecule has 2 aromatic rings. The van der Waals surface area contributed by atoms with Gasteiger partial charge in [0.05, 0.1) is 12.2 Å². The summed E-state index contributed by atoms with van der Waals surface area (Å²) in [4.78, 5) is 12.0. The van der Waals surface area contributed by atoms with Crippen molar-refractivity contribution in [1.29, 1.82) is 0 Å². The minimum absolute atomic E-state index is 0.627. The number of hydrogen-bond acceptors (Lipinski definition) is 4.